The molecule has 0 spiro atoms. The molecule has 1 aliphatic rings. The molecule has 2 heterocycles. The molecule has 5 nitrogen and oxygen atoms in total. The van der Waals surface area contributed by atoms with Crippen molar-refractivity contribution in [3.05, 3.63) is 54.1 Å². The number of imidazole rings is 1. The van der Waals surface area contributed by atoms with Crippen LogP contribution in [0, 0.1) is 5.92 Å². The molecule has 2 aromatic rings. The van der Waals surface area contributed by atoms with E-state index >= 15 is 0 Å². The molecule has 1 fully saturated rings. The number of carbonyl (C=O) groups is 1. The minimum atomic E-state index is 0.106. The predicted octanol–water partition coefficient (Wildman–Crippen LogP) is 1.97. The van der Waals surface area contributed by atoms with Crippen LogP contribution in [-0.4, -0.2) is 28.7 Å². The summed E-state index contributed by atoms with van der Waals surface area (Å²) in [7, 11) is 0. The molecule has 0 radical (unpaired) electrons. The second kappa shape index (κ2) is 7.22. The number of aromatic nitrogens is 2. The van der Waals surface area contributed by atoms with Gasteiger partial charge in [-0.1, -0.05) is 24.3 Å². The fraction of sp³-hybridized carbons (Fsp3) is 0.412. The number of hydrogen-bond donors (Lipinski definition) is 1. The summed E-state index contributed by atoms with van der Waals surface area (Å²) >= 11 is 0. The van der Waals surface area contributed by atoms with E-state index in [1.807, 2.05) is 17.1 Å². The number of carbonyl (C=O) groups excluding carboxylic acids is 1. The molecule has 116 valence electrons. The Morgan fingerprint density at radius 3 is 2.64 bits per heavy atom. The normalized spacial score (nSPS) is 15.6. The molecule has 0 unspecified atom stereocenters. The van der Waals surface area contributed by atoms with Crippen molar-refractivity contribution in [2.45, 2.75) is 25.9 Å². The van der Waals surface area contributed by atoms with Crippen molar-refractivity contribution in [1.82, 2.24) is 14.9 Å². The molecule has 1 N–H and O–H groups in total. The quantitative estimate of drug-likeness (QED) is 0.918. The van der Waals surface area contributed by atoms with Gasteiger partial charge in [0.2, 0.25) is 5.91 Å². The van der Waals surface area contributed by atoms with E-state index in [2.05, 4.69) is 34.6 Å². The van der Waals surface area contributed by atoms with Gasteiger partial charge in [0.1, 0.15) is 0 Å². The van der Waals surface area contributed by atoms with Gasteiger partial charge < -0.3 is 14.6 Å². The molecule has 0 saturated carbocycles. The number of rotatable bonds is 5. The van der Waals surface area contributed by atoms with Crippen LogP contribution in [0.1, 0.15) is 24.0 Å². The van der Waals surface area contributed by atoms with Gasteiger partial charge in [0.15, 0.2) is 0 Å². The van der Waals surface area contributed by atoms with Gasteiger partial charge in [-0.2, -0.15) is 0 Å². The molecule has 1 aliphatic heterocycles. The summed E-state index contributed by atoms with van der Waals surface area (Å²) in [5.41, 5.74) is 2.34. The van der Waals surface area contributed by atoms with Crippen LogP contribution < -0.4 is 5.32 Å². The summed E-state index contributed by atoms with van der Waals surface area (Å²) in [5.74, 6) is 0.250. The maximum Gasteiger partial charge on any atom is 0.223 e. The van der Waals surface area contributed by atoms with Gasteiger partial charge in [0.05, 0.1) is 6.33 Å². The van der Waals surface area contributed by atoms with Crippen LogP contribution in [-0.2, 0) is 22.6 Å². The lowest BCUT2D eigenvalue weighted by molar-refractivity contribution is -0.128. The van der Waals surface area contributed by atoms with E-state index in [1.165, 1.54) is 5.56 Å². The van der Waals surface area contributed by atoms with Gasteiger partial charge in [0, 0.05) is 44.6 Å². The fourth-order valence-electron chi connectivity index (χ4n) is 2.65. The molecule has 1 aromatic heterocycles. The monoisotopic (exact) mass is 299 g/mol. The average molecular weight is 299 g/mol. The Kier molecular flexibility index (Phi) is 4.85. The summed E-state index contributed by atoms with van der Waals surface area (Å²) < 4.78 is 7.31. The largest absolute Gasteiger partial charge is 0.381 e. The Labute approximate surface area is 130 Å². The fourth-order valence-corrected chi connectivity index (χ4v) is 2.65. The van der Waals surface area contributed by atoms with Crippen LogP contribution in [0.15, 0.2) is 43.0 Å². The summed E-state index contributed by atoms with van der Waals surface area (Å²) in [6.07, 6.45) is 7.19. The molecule has 0 aliphatic carbocycles. The van der Waals surface area contributed by atoms with Crippen molar-refractivity contribution in [2.24, 2.45) is 5.92 Å². The highest BCUT2D eigenvalue weighted by Gasteiger charge is 2.20. The Morgan fingerprint density at radius 2 is 1.95 bits per heavy atom. The lowest BCUT2D eigenvalue weighted by atomic mass is 9.99. The van der Waals surface area contributed by atoms with Gasteiger partial charge in [-0.05, 0) is 24.0 Å². The van der Waals surface area contributed by atoms with Gasteiger partial charge in [-0.15, -0.1) is 0 Å². The summed E-state index contributed by atoms with van der Waals surface area (Å²) in [5, 5.41) is 3.02. The Hall–Kier alpha value is -2.14. The Bertz CT molecular complexity index is 587. The Morgan fingerprint density at radius 1 is 1.23 bits per heavy atom. The second-order valence-corrected chi connectivity index (χ2v) is 5.66. The number of amides is 1. The standard InChI is InChI=1S/C17H21N3O2/c21-17(16-5-9-22-10-6-16)19-11-14-1-3-15(4-2-14)12-20-8-7-18-13-20/h1-4,7-8,13,16H,5-6,9-12H2,(H,19,21). The van der Waals surface area contributed by atoms with Gasteiger partial charge >= 0.3 is 0 Å². The molecule has 22 heavy (non-hydrogen) atoms. The summed E-state index contributed by atoms with van der Waals surface area (Å²) in [6, 6.07) is 8.32. The minimum absolute atomic E-state index is 0.106. The summed E-state index contributed by atoms with van der Waals surface area (Å²) in [4.78, 5) is 16.1. The van der Waals surface area contributed by atoms with Crippen LogP contribution in [0.2, 0.25) is 0 Å². The number of nitrogens with zero attached hydrogens (tertiary/aromatic N) is 2. The van der Waals surface area contributed by atoms with E-state index in [1.54, 1.807) is 6.20 Å². The molecule has 1 saturated heterocycles. The topological polar surface area (TPSA) is 56.2 Å². The van der Waals surface area contributed by atoms with Crippen molar-refractivity contribution in [2.75, 3.05) is 13.2 Å². The number of benzene rings is 1. The van der Waals surface area contributed by atoms with Crippen LogP contribution in [0.5, 0.6) is 0 Å². The van der Waals surface area contributed by atoms with Gasteiger partial charge in [0.25, 0.3) is 0 Å². The van der Waals surface area contributed by atoms with Crippen molar-refractivity contribution in [1.29, 1.82) is 0 Å². The van der Waals surface area contributed by atoms with E-state index in [0.29, 0.717) is 19.8 Å². The summed E-state index contributed by atoms with van der Waals surface area (Å²) in [6.45, 7) is 2.79. The lowest BCUT2D eigenvalue weighted by Gasteiger charge is -2.21. The van der Waals surface area contributed by atoms with E-state index in [9.17, 15) is 4.79 Å². The van der Waals surface area contributed by atoms with Gasteiger partial charge in [-0.25, -0.2) is 4.98 Å². The van der Waals surface area contributed by atoms with Crippen molar-refractivity contribution in [3.8, 4) is 0 Å². The van der Waals surface area contributed by atoms with E-state index in [4.69, 9.17) is 4.74 Å². The van der Waals surface area contributed by atoms with Gasteiger partial charge in [-0.3, -0.25) is 4.79 Å². The third-order valence-electron chi connectivity index (χ3n) is 4.01. The zero-order valence-electron chi connectivity index (χ0n) is 12.6. The maximum atomic E-state index is 12.1. The number of nitrogens with one attached hydrogen (secondary N) is 1. The molecular formula is C17H21N3O2. The van der Waals surface area contributed by atoms with E-state index < -0.39 is 0 Å². The molecule has 1 amide bonds. The zero-order chi connectivity index (χ0) is 15.2. The minimum Gasteiger partial charge on any atom is -0.381 e. The van der Waals surface area contributed by atoms with Crippen LogP contribution >= 0.6 is 0 Å². The molecule has 1 aromatic carbocycles. The second-order valence-electron chi connectivity index (χ2n) is 5.66. The van der Waals surface area contributed by atoms with E-state index in [0.717, 1.165) is 24.9 Å². The van der Waals surface area contributed by atoms with Crippen LogP contribution in [0.3, 0.4) is 0 Å². The highest BCUT2D eigenvalue weighted by atomic mass is 16.5. The molecule has 0 atom stereocenters. The first kappa shape index (κ1) is 14.8. The first-order valence-corrected chi connectivity index (χ1v) is 7.70. The molecule has 0 bridgehead atoms. The number of ether oxygens (including phenoxy) is 1. The first-order valence-electron chi connectivity index (χ1n) is 7.70. The predicted molar refractivity (Wildman–Crippen MR) is 83.2 cm³/mol. The van der Waals surface area contributed by atoms with Crippen molar-refractivity contribution in [3.63, 3.8) is 0 Å². The molecular weight excluding hydrogens is 278 g/mol. The average Bonchev–Trinajstić information content (AvgIpc) is 3.08. The van der Waals surface area contributed by atoms with Crippen molar-refractivity contribution >= 4 is 5.91 Å². The first-order chi connectivity index (χ1) is 10.8. The molecule has 3 rings (SSSR count). The van der Waals surface area contributed by atoms with Crippen LogP contribution in [0.4, 0.5) is 0 Å². The SMILES string of the molecule is O=C(NCc1ccc(Cn2ccnc2)cc1)C1CCOCC1. The van der Waals surface area contributed by atoms with Crippen LogP contribution in [0.25, 0.3) is 0 Å². The van der Waals surface area contributed by atoms with Crippen molar-refractivity contribution < 1.29 is 9.53 Å². The number of hydrogen-bond acceptors (Lipinski definition) is 3. The zero-order valence-corrected chi connectivity index (χ0v) is 12.6. The lowest BCUT2D eigenvalue weighted by Crippen LogP contribution is -2.33. The Balaban J connectivity index is 1.49. The smallest absolute Gasteiger partial charge is 0.223 e. The maximum absolute atomic E-state index is 12.1. The van der Waals surface area contributed by atoms with E-state index in [-0.39, 0.29) is 11.8 Å². The molecule has 5 heteroatoms. The third kappa shape index (κ3) is 3.95. The highest BCUT2D eigenvalue weighted by molar-refractivity contribution is 5.78. The highest BCUT2D eigenvalue weighted by Crippen LogP contribution is 2.15. The third-order valence-corrected chi connectivity index (χ3v) is 4.01.